The van der Waals surface area contributed by atoms with Gasteiger partial charge in [-0.15, -0.1) is 0 Å². The number of rotatable bonds is 7. The van der Waals surface area contributed by atoms with Gasteiger partial charge in [-0.25, -0.2) is 4.39 Å². The lowest BCUT2D eigenvalue weighted by Crippen LogP contribution is -2.17. The fourth-order valence-electron chi connectivity index (χ4n) is 2.24. The highest BCUT2D eigenvalue weighted by atomic mass is 19.2. The predicted octanol–water partition coefficient (Wildman–Crippen LogP) is 5.04. The van der Waals surface area contributed by atoms with Crippen molar-refractivity contribution in [1.29, 1.82) is 0 Å². The van der Waals surface area contributed by atoms with Crippen LogP contribution in [0.2, 0.25) is 0 Å². The topological polar surface area (TPSA) is 18.5 Å². The van der Waals surface area contributed by atoms with E-state index in [1.165, 1.54) is 18.9 Å². The zero-order valence-electron chi connectivity index (χ0n) is 12.3. The first-order valence-electron chi connectivity index (χ1n) is 7.21. The fourth-order valence-corrected chi connectivity index (χ4v) is 2.24. The van der Waals surface area contributed by atoms with Crippen molar-refractivity contribution in [2.24, 2.45) is 11.8 Å². The molecule has 0 atom stereocenters. The van der Waals surface area contributed by atoms with E-state index in [4.69, 9.17) is 9.47 Å². The molecule has 0 unspecified atom stereocenters. The molecular formula is C16H24F2O2. The Morgan fingerprint density at radius 1 is 1.25 bits per heavy atom. The monoisotopic (exact) mass is 286 g/mol. The first kappa shape index (κ1) is 16.7. The zero-order chi connectivity index (χ0) is 15.0. The van der Waals surface area contributed by atoms with Crippen LogP contribution >= 0.6 is 0 Å². The maximum absolute atomic E-state index is 13.8. The van der Waals surface area contributed by atoms with E-state index in [-0.39, 0.29) is 12.4 Å². The van der Waals surface area contributed by atoms with E-state index < -0.39 is 11.7 Å². The van der Waals surface area contributed by atoms with Gasteiger partial charge in [0.1, 0.15) is 6.26 Å². The number of ether oxygens (including phenoxy) is 2. The largest absolute Gasteiger partial charge is 0.498 e. The van der Waals surface area contributed by atoms with E-state index in [9.17, 15) is 8.78 Å². The van der Waals surface area contributed by atoms with E-state index in [1.54, 1.807) is 6.92 Å². The van der Waals surface area contributed by atoms with Crippen molar-refractivity contribution in [3.8, 4) is 0 Å². The number of hydrogen-bond donors (Lipinski definition) is 0. The highest BCUT2D eigenvalue weighted by Gasteiger charge is 2.20. The Morgan fingerprint density at radius 3 is 2.45 bits per heavy atom. The molecule has 0 aromatic carbocycles. The molecule has 0 radical (unpaired) electrons. The third-order valence-electron chi connectivity index (χ3n) is 3.57. The first-order valence-corrected chi connectivity index (χ1v) is 7.21. The predicted molar refractivity (Wildman–Crippen MR) is 76.2 cm³/mol. The van der Waals surface area contributed by atoms with Crippen LogP contribution in [0.15, 0.2) is 36.3 Å². The van der Waals surface area contributed by atoms with E-state index in [0.29, 0.717) is 12.5 Å². The molecule has 1 saturated carbocycles. The van der Waals surface area contributed by atoms with Crippen LogP contribution in [0.5, 0.6) is 0 Å². The smallest absolute Gasteiger partial charge is 0.203 e. The Bertz CT molecular complexity index is 367. The lowest BCUT2D eigenvalue weighted by Gasteiger charge is -2.26. The van der Waals surface area contributed by atoms with Crippen LogP contribution < -0.4 is 0 Å². The highest BCUT2D eigenvalue weighted by molar-refractivity contribution is 5.26. The lowest BCUT2D eigenvalue weighted by molar-refractivity contribution is 0.132. The molecule has 2 nitrogen and oxygen atoms in total. The van der Waals surface area contributed by atoms with E-state index >= 15 is 0 Å². The number of hydrogen-bond acceptors (Lipinski definition) is 2. The van der Waals surface area contributed by atoms with Gasteiger partial charge in [0.25, 0.3) is 0 Å². The van der Waals surface area contributed by atoms with Crippen molar-refractivity contribution >= 4 is 0 Å². The lowest BCUT2D eigenvalue weighted by atomic mass is 9.83. The van der Waals surface area contributed by atoms with E-state index in [2.05, 4.69) is 13.5 Å². The summed E-state index contributed by atoms with van der Waals surface area (Å²) >= 11 is 0. The van der Waals surface area contributed by atoms with Crippen LogP contribution in [-0.4, -0.2) is 13.2 Å². The minimum Gasteiger partial charge on any atom is -0.498 e. The average molecular weight is 286 g/mol. The van der Waals surface area contributed by atoms with Crippen molar-refractivity contribution < 1.29 is 18.3 Å². The van der Waals surface area contributed by atoms with Crippen molar-refractivity contribution in [1.82, 2.24) is 0 Å². The third-order valence-corrected chi connectivity index (χ3v) is 3.57. The molecule has 20 heavy (non-hydrogen) atoms. The first-order chi connectivity index (χ1) is 9.58. The normalized spacial score (nSPS) is 24.9. The maximum atomic E-state index is 13.8. The summed E-state index contributed by atoms with van der Waals surface area (Å²) in [5.74, 6) is -1.12. The third kappa shape index (κ3) is 5.35. The highest BCUT2D eigenvalue weighted by Crippen LogP contribution is 2.29. The molecular weight excluding hydrogens is 262 g/mol. The summed E-state index contributed by atoms with van der Waals surface area (Å²) in [7, 11) is 0. The summed E-state index contributed by atoms with van der Waals surface area (Å²) < 4.78 is 37.3. The molecule has 0 N–H and O–H groups in total. The maximum Gasteiger partial charge on any atom is 0.203 e. The molecule has 0 heterocycles. The average Bonchev–Trinajstić information content (AvgIpc) is 2.47. The van der Waals surface area contributed by atoms with Crippen LogP contribution in [0.1, 0.15) is 39.5 Å². The molecule has 0 saturated heterocycles. The van der Waals surface area contributed by atoms with Gasteiger partial charge in [-0.3, -0.25) is 0 Å². The van der Waals surface area contributed by atoms with Gasteiger partial charge in [0, 0.05) is 0 Å². The number of allylic oxidation sites excluding steroid dienone is 3. The van der Waals surface area contributed by atoms with Crippen molar-refractivity contribution in [3.05, 3.63) is 36.3 Å². The Morgan fingerprint density at radius 2 is 1.90 bits per heavy atom. The fraction of sp³-hybridized carbons (Fsp3) is 0.625. The van der Waals surface area contributed by atoms with Crippen LogP contribution in [0, 0.1) is 11.8 Å². The van der Waals surface area contributed by atoms with Gasteiger partial charge in [0.05, 0.1) is 13.2 Å². The van der Waals surface area contributed by atoms with Gasteiger partial charge < -0.3 is 9.47 Å². The summed E-state index contributed by atoms with van der Waals surface area (Å²) in [6.45, 7) is 8.08. The molecule has 1 aliphatic carbocycles. The minimum atomic E-state index is -1.07. The van der Waals surface area contributed by atoms with Gasteiger partial charge in [-0.2, -0.15) is 4.39 Å². The molecule has 1 aliphatic rings. The van der Waals surface area contributed by atoms with Crippen molar-refractivity contribution in [3.63, 3.8) is 0 Å². The Hall–Kier alpha value is -1.32. The minimum absolute atomic E-state index is 0.155. The SMILES string of the molecule is C=C/C(OCC1CCC(C)CC1)=C(F)\C(F)=C\OCC. The van der Waals surface area contributed by atoms with Gasteiger partial charge in [0.2, 0.25) is 5.83 Å². The van der Waals surface area contributed by atoms with Crippen LogP contribution in [-0.2, 0) is 9.47 Å². The molecule has 0 bridgehead atoms. The standard InChI is InChI=1S/C16H24F2O2/c1-4-15(16(18)14(17)11-19-5-2)20-10-13-8-6-12(3)7-9-13/h4,11-13H,1,5-10H2,2-3H3/b14-11-,16-15-. The molecule has 0 aromatic heterocycles. The molecule has 1 fully saturated rings. The van der Waals surface area contributed by atoms with Gasteiger partial charge in [-0.1, -0.05) is 26.3 Å². The molecule has 114 valence electrons. The van der Waals surface area contributed by atoms with E-state index in [1.807, 2.05) is 0 Å². The van der Waals surface area contributed by atoms with Crippen molar-refractivity contribution in [2.45, 2.75) is 39.5 Å². The second-order valence-electron chi connectivity index (χ2n) is 5.24. The second kappa shape index (κ2) is 8.77. The number of halogens is 2. The Labute approximate surface area is 120 Å². The molecule has 0 amide bonds. The van der Waals surface area contributed by atoms with E-state index in [0.717, 1.165) is 25.0 Å². The Balaban J connectivity index is 2.55. The summed E-state index contributed by atoms with van der Waals surface area (Å²) in [6, 6.07) is 0. The molecule has 0 spiro atoms. The molecule has 1 rings (SSSR count). The quantitative estimate of drug-likeness (QED) is 0.482. The van der Waals surface area contributed by atoms with Gasteiger partial charge in [0.15, 0.2) is 11.6 Å². The van der Waals surface area contributed by atoms with Gasteiger partial charge in [-0.05, 0) is 37.7 Å². The summed E-state index contributed by atoms with van der Waals surface area (Å²) in [6.07, 6.45) is 6.43. The van der Waals surface area contributed by atoms with Crippen LogP contribution in [0.4, 0.5) is 8.78 Å². The van der Waals surface area contributed by atoms with Crippen molar-refractivity contribution in [2.75, 3.05) is 13.2 Å². The molecule has 0 aromatic rings. The second-order valence-corrected chi connectivity index (χ2v) is 5.24. The summed E-state index contributed by atoms with van der Waals surface area (Å²) in [4.78, 5) is 0. The summed E-state index contributed by atoms with van der Waals surface area (Å²) in [5.41, 5.74) is 0. The van der Waals surface area contributed by atoms with Crippen LogP contribution in [0.3, 0.4) is 0 Å². The molecule has 4 heteroatoms. The van der Waals surface area contributed by atoms with Gasteiger partial charge >= 0.3 is 0 Å². The van der Waals surface area contributed by atoms with Crippen LogP contribution in [0.25, 0.3) is 0 Å². The Kier molecular flexibility index (Phi) is 7.34. The summed E-state index contributed by atoms with van der Waals surface area (Å²) in [5, 5.41) is 0. The molecule has 0 aliphatic heterocycles. The zero-order valence-corrected chi connectivity index (χ0v) is 12.3.